The van der Waals surface area contributed by atoms with Crippen molar-refractivity contribution in [2.75, 3.05) is 32.9 Å². The van der Waals surface area contributed by atoms with Crippen LogP contribution in [0.25, 0.3) is 0 Å². The van der Waals surface area contributed by atoms with Crippen molar-refractivity contribution in [1.82, 2.24) is 4.90 Å². The Morgan fingerprint density at radius 1 is 1.02 bits per heavy atom. The summed E-state index contributed by atoms with van der Waals surface area (Å²) < 4.78 is 25.4. The van der Waals surface area contributed by atoms with E-state index < -0.39 is 17.2 Å². The van der Waals surface area contributed by atoms with Crippen LogP contribution in [-0.4, -0.2) is 95.9 Å². The highest BCUT2D eigenvalue weighted by Gasteiger charge is 2.85. The molecule has 256 valence electrons. The van der Waals surface area contributed by atoms with Gasteiger partial charge in [0.15, 0.2) is 6.29 Å². The Labute approximate surface area is 271 Å². The third kappa shape index (κ3) is 4.12. The molecule has 8 heteroatoms. The average Bonchev–Trinajstić information content (AvgIpc) is 3.57. The molecule has 14 atom stereocenters. The van der Waals surface area contributed by atoms with E-state index >= 15 is 0 Å². The summed E-state index contributed by atoms with van der Waals surface area (Å²) in [6.07, 6.45) is 8.00. The number of morpholine rings is 1. The summed E-state index contributed by atoms with van der Waals surface area (Å²) in [5.74, 6) is 1.54. The molecule has 3 saturated heterocycles. The molecule has 0 aromatic heterocycles. The summed E-state index contributed by atoms with van der Waals surface area (Å²) >= 11 is 0. The van der Waals surface area contributed by atoms with Gasteiger partial charge in [-0.05, 0) is 111 Å². The van der Waals surface area contributed by atoms with Gasteiger partial charge in [-0.3, -0.25) is 4.90 Å². The summed E-state index contributed by atoms with van der Waals surface area (Å²) in [5.41, 5.74) is 6.73. The van der Waals surface area contributed by atoms with Gasteiger partial charge in [0.25, 0.3) is 0 Å². The van der Waals surface area contributed by atoms with Crippen molar-refractivity contribution in [2.45, 2.75) is 148 Å². The molecule has 5 aliphatic carbocycles. The maximum absolute atomic E-state index is 12.4. The Balaban J connectivity index is 1.03. The molecule has 0 aromatic carbocycles. The van der Waals surface area contributed by atoms with E-state index in [0.717, 1.165) is 65.0 Å². The van der Waals surface area contributed by atoms with Gasteiger partial charge < -0.3 is 34.9 Å². The topological polar surface area (TPSA) is 107 Å². The lowest BCUT2D eigenvalue weighted by Crippen LogP contribution is -2.70. The van der Waals surface area contributed by atoms with Gasteiger partial charge >= 0.3 is 0 Å². The van der Waals surface area contributed by atoms with Gasteiger partial charge in [-0.2, -0.15) is 0 Å². The molecular formula is C37H62N2O6. The van der Waals surface area contributed by atoms with Crippen LogP contribution in [0.4, 0.5) is 0 Å². The van der Waals surface area contributed by atoms with Gasteiger partial charge in [-0.25, -0.2) is 0 Å². The Kier molecular flexibility index (Phi) is 7.18. The van der Waals surface area contributed by atoms with Gasteiger partial charge in [0.05, 0.1) is 68.0 Å². The summed E-state index contributed by atoms with van der Waals surface area (Å²) in [7, 11) is 0. The predicted octanol–water partition coefficient (Wildman–Crippen LogP) is 4.34. The van der Waals surface area contributed by atoms with Crippen LogP contribution in [0.3, 0.4) is 0 Å². The average molecular weight is 631 g/mol. The van der Waals surface area contributed by atoms with Crippen LogP contribution in [0.15, 0.2) is 0 Å². The Morgan fingerprint density at radius 2 is 1.73 bits per heavy atom. The first-order chi connectivity index (χ1) is 21.1. The van der Waals surface area contributed by atoms with E-state index in [4.69, 9.17) is 24.7 Å². The number of fused-ring (bicyclic) bond motifs is 4. The molecule has 3 aliphatic heterocycles. The molecule has 0 aromatic rings. The van der Waals surface area contributed by atoms with Gasteiger partial charge in [-0.15, -0.1) is 0 Å². The molecule has 8 nitrogen and oxygen atoms in total. The van der Waals surface area contributed by atoms with Gasteiger partial charge in [0, 0.05) is 12.5 Å². The molecule has 14 unspecified atom stereocenters. The molecule has 8 rings (SSSR count). The SMILES string of the molecule is CC1CC(C(C)C(C)(C)O)OC2C1C1(C)CCC34CC35CCC(OC3CN(C6COC6)CCO3)C(C)(C)C5CCC4C1(N)C2O. The number of nitrogens with zero attached hydrogens (tertiary/aromatic N) is 1. The summed E-state index contributed by atoms with van der Waals surface area (Å²) in [5, 5.41) is 23.2. The van der Waals surface area contributed by atoms with E-state index in [1.54, 1.807) is 0 Å². The molecule has 8 fully saturated rings. The number of aliphatic hydroxyl groups excluding tert-OH is 1. The van der Waals surface area contributed by atoms with Crippen molar-refractivity contribution in [3.05, 3.63) is 0 Å². The first-order valence-electron chi connectivity index (χ1n) is 18.5. The smallest absolute Gasteiger partial charge is 0.170 e. The molecule has 3 heterocycles. The fourth-order valence-corrected chi connectivity index (χ4v) is 13.6. The van der Waals surface area contributed by atoms with Crippen LogP contribution in [-0.2, 0) is 18.9 Å². The molecule has 45 heavy (non-hydrogen) atoms. The van der Waals surface area contributed by atoms with Crippen LogP contribution in [0.2, 0.25) is 0 Å². The zero-order chi connectivity index (χ0) is 31.9. The number of hydrogen-bond acceptors (Lipinski definition) is 8. The second-order valence-electron chi connectivity index (χ2n) is 18.8. The molecule has 0 radical (unpaired) electrons. The number of nitrogens with two attached hydrogens (primary N) is 1. The molecule has 8 aliphatic rings. The lowest BCUT2D eigenvalue weighted by atomic mass is 9.43. The van der Waals surface area contributed by atoms with E-state index in [9.17, 15) is 10.2 Å². The Hall–Kier alpha value is -0.320. The molecule has 0 bridgehead atoms. The van der Waals surface area contributed by atoms with Gasteiger partial charge in [0.1, 0.15) is 0 Å². The van der Waals surface area contributed by atoms with E-state index in [2.05, 4.69) is 39.5 Å². The Morgan fingerprint density at radius 3 is 2.42 bits per heavy atom. The van der Waals surface area contributed by atoms with Crippen LogP contribution in [0, 0.1) is 51.2 Å². The van der Waals surface area contributed by atoms with Crippen LogP contribution in [0.1, 0.15) is 99.8 Å². The fraction of sp³-hybridized carbons (Fsp3) is 1.00. The summed E-state index contributed by atoms with van der Waals surface area (Å²) in [4.78, 5) is 2.50. The van der Waals surface area contributed by atoms with Gasteiger partial charge in [-0.1, -0.05) is 34.6 Å². The minimum atomic E-state index is -0.829. The third-order valence-electron chi connectivity index (χ3n) is 16.4. The van der Waals surface area contributed by atoms with Crippen molar-refractivity contribution in [1.29, 1.82) is 0 Å². The predicted molar refractivity (Wildman–Crippen MR) is 171 cm³/mol. The molecule has 0 amide bonds. The second kappa shape index (κ2) is 10.1. The molecule has 4 N–H and O–H groups in total. The third-order valence-corrected chi connectivity index (χ3v) is 16.4. The molecule has 5 saturated carbocycles. The lowest BCUT2D eigenvalue weighted by molar-refractivity contribution is -0.254. The number of hydrogen-bond donors (Lipinski definition) is 3. The summed E-state index contributed by atoms with van der Waals surface area (Å²) in [6.45, 7) is 19.8. The lowest BCUT2D eigenvalue weighted by Gasteiger charge is -2.63. The maximum Gasteiger partial charge on any atom is 0.170 e. The van der Waals surface area contributed by atoms with Crippen molar-refractivity contribution in [2.24, 2.45) is 57.0 Å². The highest BCUT2D eigenvalue weighted by atomic mass is 16.7. The quantitative estimate of drug-likeness (QED) is 0.412. The minimum Gasteiger partial charge on any atom is -0.390 e. The highest BCUT2D eigenvalue weighted by Crippen LogP contribution is 2.87. The number of aliphatic hydroxyl groups is 2. The zero-order valence-electron chi connectivity index (χ0n) is 29.1. The van der Waals surface area contributed by atoms with Crippen LogP contribution < -0.4 is 5.73 Å². The van der Waals surface area contributed by atoms with E-state index in [1.165, 1.54) is 19.3 Å². The van der Waals surface area contributed by atoms with E-state index in [1.807, 2.05) is 13.8 Å². The van der Waals surface area contributed by atoms with Gasteiger partial charge in [0.2, 0.25) is 0 Å². The first kappa shape index (κ1) is 31.9. The molecular weight excluding hydrogens is 568 g/mol. The highest BCUT2D eigenvalue weighted by molar-refractivity contribution is 5.35. The zero-order valence-corrected chi connectivity index (χ0v) is 29.1. The number of ether oxygens (including phenoxy) is 4. The minimum absolute atomic E-state index is 0.0142. The number of rotatable bonds is 5. The van der Waals surface area contributed by atoms with Crippen molar-refractivity contribution >= 4 is 0 Å². The molecule has 2 spiro atoms. The van der Waals surface area contributed by atoms with Crippen LogP contribution in [0.5, 0.6) is 0 Å². The van der Waals surface area contributed by atoms with Crippen LogP contribution >= 0.6 is 0 Å². The monoisotopic (exact) mass is 630 g/mol. The van der Waals surface area contributed by atoms with Crippen molar-refractivity contribution < 1.29 is 29.2 Å². The fourth-order valence-electron chi connectivity index (χ4n) is 13.6. The summed E-state index contributed by atoms with van der Waals surface area (Å²) in [6, 6.07) is 0.517. The largest absolute Gasteiger partial charge is 0.390 e. The van der Waals surface area contributed by atoms with Crippen molar-refractivity contribution in [3.63, 3.8) is 0 Å². The second-order valence-corrected chi connectivity index (χ2v) is 18.8. The van der Waals surface area contributed by atoms with Crippen molar-refractivity contribution in [3.8, 4) is 0 Å². The normalized spacial score (nSPS) is 54.9. The standard InChI is InChI=1S/C37H62N2O6/c1-21-16-24(22(2)33(5,6)41)44-30-29(21)34(7)12-13-36-20-35(36)11-10-27(45-28-17-39(14-15-43-28)23-18-42-19-23)32(3,4)25(35)8-9-26(36)37(34,38)31(30)40/h21-31,40-41H,8-20,38H2,1-7H3. The first-order valence-corrected chi connectivity index (χ1v) is 18.5. The van der Waals surface area contributed by atoms with E-state index in [-0.39, 0.29) is 52.7 Å². The maximum atomic E-state index is 12.4. The Bertz CT molecular complexity index is 1170. The van der Waals surface area contributed by atoms with E-state index in [0.29, 0.717) is 29.2 Å².